The molecule has 0 spiro atoms. The van der Waals surface area contributed by atoms with E-state index in [-0.39, 0.29) is 49.5 Å². The molecule has 2 saturated heterocycles. The molecule has 60 heavy (non-hydrogen) atoms. The summed E-state index contributed by atoms with van der Waals surface area (Å²) in [7, 11) is -7.10. The second-order valence-corrected chi connectivity index (χ2v) is 18.5. The van der Waals surface area contributed by atoms with E-state index in [2.05, 4.69) is 29.9 Å². The summed E-state index contributed by atoms with van der Waals surface area (Å²) in [5.74, 6) is -0.266. The zero-order chi connectivity index (χ0) is 42.6. The number of ether oxygens (including phenoxy) is 2. The Balaban J connectivity index is 0.000000181. The van der Waals surface area contributed by atoms with Gasteiger partial charge in [0.05, 0.1) is 63.4 Å². The first-order chi connectivity index (χ1) is 28.7. The van der Waals surface area contributed by atoms with Gasteiger partial charge in [0.1, 0.15) is 48.0 Å². The van der Waals surface area contributed by atoms with Crippen molar-refractivity contribution in [3.05, 3.63) is 95.1 Å². The molecule has 18 nitrogen and oxygen atoms in total. The molecule has 0 unspecified atom stereocenters. The van der Waals surface area contributed by atoms with Gasteiger partial charge in [0.2, 0.25) is 0 Å². The highest BCUT2D eigenvalue weighted by atomic mass is 35.5. The molecule has 6 atom stereocenters. The van der Waals surface area contributed by atoms with Crippen LogP contribution in [0.25, 0.3) is 22.3 Å². The van der Waals surface area contributed by atoms with Crippen molar-refractivity contribution in [2.45, 2.75) is 71.1 Å². The standard InChI is InChI=1S/C19H23FN5O4P.C18H20ClFN5O4P/c1-12-3-4-15(20)14(7-12)16-5-6-28-30(26,29-16)11-27-13(2)8-25-10-24-17-18(21)22-9-23-19(17)25;1-11(7-25-9-24-16-17(21)22-8-23-18(16)25)27-10-30(26)28-5-4-15(29-30)13-6-12(19)2-3-14(13)20/h3-4,7,9-10,13,16H,5-6,8,11H2,1-2H3,(H2,21,22,23);2-3,6,8-9,11,15H,4-5,7,10H2,1H3,(H2,21,22,23)/t13-,16-,30+;11-,15-,30-/m11/s1. The average molecular weight is 891 g/mol. The number of imidazole rings is 2. The van der Waals surface area contributed by atoms with E-state index >= 15 is 0 Å². The Morgan fingerprint density at radius 3 is 1.72 bits per heavy atom. The van der Waals surface area contributed by atoms with Crippen LogP contribution in [-0.2, 0) is 49.8 Å². The molecule has 0 bridgehead atoms. The number of nitrogen functional groups attached to an aromatic ring is 2. The van der Waals surface area contributed by atoms with Crippen molar-refractivity contribution < 1.29 is 45.5 Å². The molecule has 0 saturated carbocycles. The molecular weight excluding hydrogens is 848 g/mol. The van der Waals surface area contributed by atoms with Gasteiger partial charge >= 0.3 is 15.2 Å². The van der Waals surface area contributed by atoms with E-state index in [1.165, 1.54) is 36.9 Å². The molecule has 320 valence electrons. The molecule has 2 aliphatic rings. The topological polar surface area (TPSA) is 229 Å². The highest BCUT2D eigenvalue weighted by Gasteiger charge is 2.37. The van der Waals surface area contributed by atoms with E-state index in [1.54, 1.807) is 40.8 Å². The quantitative estimate of drug-likeness (QED) is 0.113. The second-order valence-electron chi connectivity index (χ2n) is 14.2. The van der Waals surface area contributed by atoms with Gasteiger partial charge in [0, 0.05) is 29.0 Å². The minimum Gasteiger partial charge on any atom is -0.382 e. The maximum atomic E-state index is 14.2. The third-order valence-corrected chi connectivity index (χ3v) is 13.0. The van der Waals surface area contributed by atoms with Crippen molar-refractivity contribution in [2.24, 2.45) is 0 Å². The molecule has 4 N–H and O–H groups in total. The van der Waals surface area contributed by atoms with Crippen LogP contribution >= 0.6 is 26.8 Å². The first kappa shape index (κ1) is 43.6. The fraction of sp³-hybridized carbons (Fsp3) is 0.405. The predicted octanol–water partition coefficient (Wildman–Crippen LogP) is 7.52. The number of halogens is 3. The molecular formula is C37H43ClF2N10O8P2. The zero-order valence-electron chi connectivity index (χ0n) is 32.8. The summed E-state index contributed by atoms with van der Waals surface area (Å²) >= 11 is 5.96. The van der Waals surface area contributed by atoms with Crippen LogP contribution in [-0.4, -0.2) is 77.2 Å². The Bertz CT molecular complexity index is 2400. The van der Waals surface area contributed by atoms with Gasteiger partial charge in [-0.05, 0) is 45.0 Å². The van der Waals surface area contributed by atoms with Crippen molar-refractivity contribution in [1.29, 1.82) is 0 Å². The van der Waals surface area contributed by atoms with Gasteiger partial charge < -0.3 is 39.1 Å². The first-order valence-corrected chi connectivity index (χ1v) is 22.6. The molecule has 0 radical (unpaired) electrons. The Labute approximate surface area is 348 Å². The average Bonchev–Trinajstić information content (AvgIpc) is 3.84. The number of nitrogens with zero attached hydrogens (tertiary/aromatic N) is 8. The van der Waals surface area contributed by atoms with Crippen LogP contribution in [0.5, 0.6) is 0 Å². The summed E-state index contributed by atoms with van der Waals surface area (Å²) in [6.07, 6.45) is 4.13. The number of nitrogens with two attached hydrogens (primary N) is 2. The molecule has 2 aromatic carbocycles. The van der Waals surface area contributed by atoms with E-state index in [1.807, 2.05) is 13.8 Å². The molecule has 0 amide bonds. The van der Waals surface area contributed by atoms with Crippen molar-refractivity contribution in [2.75, 3.05) is 37.4 Å². The lowest BCUT2D eigenvalue weighted by atomic mass is 10.0. The summed E-state index contributed by atoms with van der Waals surface area (Å²) in [5, 5.41) is 0.373. The van der Waals surface area contributed by atoms with Crippen molar-refractivity contribution >= 4 is 60.8 Å². The summed E-state index contributed by atoms with van der Waals surface area (Å²) in [4.78, 5) is 24.6. The Morgan fingerprint density at radius 2 is 1.22 bits per heavy atom. The number of aryl methyl sites for hydroxylation is 1. The van der Waals surface area contributed by atoms with Crippen molar-refractivity contribution in [3.8, 4) is 0 Å². The number of fused-ring (bicyclic) bond motifs is 2. The summed E-state index contributed by atoms with van der Waals surface area (Å²) < 4.78 is 91.5. The van der Waals surface area contributed by atoms with Crippen LogP contribution in [0.15, 0.2) is 61.7 Å². The molecule has 23 heteroatoms. The molecule has 4 aromatic heterocycles. The van der Waals surface area contributed by atoms with E-state index in [9.17, 15) is 17.9 Å². The summed E-state index contributed by atoms with van der Waals surface area (Å²) in [6, 6.07) is 8.95. The molecule has 6 heterocycles. The number of rotatable bonds is 12. The van der Waals surface area contributed by atoms with E-state index in [0.717, 1.165) is 5.56 Å². The molecule has 6 aromatic rings. The lowest BCUT2D eigenvalue weighted by Crippen LogP contribution is -2.21. The highest BCUT2D eigenvalue weighted by Crippen LogP contribution is 2.57. The smallest absolute Gasteiger partial charge is 0.356 e. The van der Waals surface area contributed by atoms with Crippen LogP contribution < -0.4 is 11.5 Å². The largest absolute Gasteiger partial charge is 0.382 e. The maximum Gasteiger partial charge on any atom is 0.356 e. The minimum absolute atomic E-state index is 0.161. The van der Waals surface area contributed by atoms with Crippen LogP contribution in [0.2, 0.25) is 5.02 Å². The van der Waals surface area contributed by atoms with Crippen LogP contribution in [0.3, 0.4) is 0 Å². The van der Waals surface area contributed by atoms with Crippen molar-refractivity contribution in [3.63, 3.8) is 0 Å². The normalized spacial score (nSPS) is 23.0. The third-order valence-electron chi connectivity index (χ3n) is 9.52. The minimum atomic E-state index is -3.57. The van der Waals surface area contributed by atoms with Gasteiger partial charge in [-0.1, -0.05) is 29.3 Å². The van der Waals surface area contributed by atoms with E-state index in [0.29, 0.717) is 70.5 Å². The summed E-state index contributed by atoms with van der Waals surface area (Å²) in [5.41, 5.74) is 15.3. The lowest BCUT2D eigenvalue weighted by molar-refractivity contribution is 0.0330. The molecule has 8 rings (SSSR count). The van der Waals surface area contributed by atoms with Gasteiger partial charge in [-0.3, -0.25) is 18.2 Å². The SMILES string of the molecule is C[C@H](Cn1cnc2c(N)ncnc21)OC[P@@]1(=O)OCC[C@H](c2cc(Cl)ccc2F)O1.Cc1ccc(F)c([C@H]2CCO[P@@](=O)(CO[C@H](C)Cn3cnc4c(N)ncnc43)O2)c1. The van der Waals surface area contributed by atoms with Gasteiger partial charge in [-0.15, -0.1) is 0 Å². The summed E-state index contributed by atoms with van der Waals surface area (Å²) in [6.45, 7) is 6.65. The van der Waals surface area contributed by atoms with Crippen molar-refractivity contribution in [1.82, 2.24) is 39.0 Å². The Morgan fingerprint density at radius 1 is 0.750 bits per heavy atom. The number of anilines is 2. The molecule has 2 aliphatic heterocycles. The number of aromatic nitrogens is 8. The van der Waals surface area contributed by atoms with Gasteiger partial charge in [0.15, 0.2) is 22.9 Å². The fourth-order valence-corrected chi connectivity index (χ4v) is 9.97. The van der Waals surface area contributed by atoms with Crippen LogP contribution in [0.1, 0.15) is 55.6 Å². The predicted molar refractivity (Wildman–Crippen MR) is 217 cm³/mol. The monoisotopic (exact) mass is 890 g/mol. The fourth-order valence-electron chi connectivity index (χ4n) is 6.54. The van der Waals surface area contributed by atoms with E-state index in [4.69, 9.17) is 50.6 Å². The third kappa shape index (κ3) is 10.3. The number of hydrogen-bond donors (Lipinski definition) is 2. The Kier molecular flexibility index (Phi) is 13.5. The van der Waals surface area contributed by atoms with E-state index < -0.39 is 33.2 Å². The second kappa shape index (κ2) is 18.6. The van der Waals surface area contributed by atoms with Crippen LogP contribution in [0.4, 0.5) is 20.4 Å². The lowest BCUT2D eigenvalue weighted by Gasteiger charge is -2.30. The van der Waals surface area contributed by atoms with Gasteiger partial charge in [-0.2, -0.15) is 0 Å². The highest BCUT2D eigenvalue weighted by molar-refractivity contribution is 7.54. The zero-order valence-corrected chi connectivity index (χ0v) is 35.3. The van der Waals surface area contributed by atoms with Crippen LogP contribution in [0, 0.1) is 18.6 Å². The van der Waals surface area contributed by atoms with Gasteiger partial charge in [0.25, 0.3) is 0 Å². The Hall–Kier alpha value is -4.49. The number of hydrogen-bond acceptors (Lipinski definition) is 16. The van der Waals surface area contributed by atoms with Gasteiger partial charge in [-0.25, -0.2) is 38.7 Å². The number of benzene rings is 2. The maximum absolute atomic E-state index is 14.2. The first-order valence-electron chi connectivity index (χ1n) is 18.8. The molecule has 2 fully saturated rings. The molecule has 0 aliphatic carbocycles.